The van der Waals surface area contributed by atoms with E-state index in [1.54, 1.807) is 0 Å². The molecule has 0 atom stereocenters. The Balaban J connectivity index is 1.57. The number of aromatic nitrogens is 3. The minimum absolute atomic E-state index is 0.0332. The molecule has 1 aliphatic heterocycles. The third kappa shape index (κ3) is 3.79. The van der Waals surface area contributed by atoms with Crippen molar-refractivity contribution in [3.05, 3.63) is 11.9 Å². The summed E-state index contributed by atoms with van der Waals surface area (Å²) in [4.78, 5) is 14.3. The largest absolute Gasteiger partial charge is 0.383 e. The fourth-order valence-electron chi connectivity index (χ4n) is 3.83. The van der Waals surface area contributed by atoms with Gasteiger partial charge in [-0.1, -0.05) is 38.8 Å². The van der Waals surface area contributed by atoms with Gasteiger partial charge in [-0.05, 0) is 31.1 Å². The minimum atomic E-state index is -0.776. The predicted molar refractivity (Wildman–Crippen MR) is 91.3 cm³/mol. The molecule has 3 rings (SSSR count). The number of nitrogens with zero attached hydrogens (tertiary/aromatic N) is 4. The summed E-state index contributed by atoms with van der Waals surface area (Å²) < 4.78 is 1.90. The first-order valence-electron chi connectivity index (χ1n) is 9.19. The van der Waals surface area contributed by atoms with Crippen LogP contribution in [0.15, 0.2) is 6.20 Å². The lowest BCUT2D eigenvalue weighted by atomic mass is 9.91. The lowest BCUT2D eigenvalue weighted by Crippen LogP contribution is -2.40. The Bertz CT molecular complexity index is 576. The van der Waals surface area contributed by atoms with Crippen molar-refractivity contribution in [1.82, 2.24) is 19.9 Å². The number of carbonyl (C=O) groups is 1. The average molecular weight is 334 g/mol. The van der Waals surface area contributed by atoms with Gasteiger partial charge in [0.05, 0.1) is 12.2 Å². The summed E-state index contributed by atoms with van der Waals surface area (Å²) in [5.74, 6) is 0.250. The zero-order valence-electron chi connectivity index (χ0n) is 15.2. The van der Waals surface area contributed by atoms with Crippen LogP contribution < -0.4 is 0 Å². The maximum absolute atomic E-state index is 12.3. The first-order valence-corrected chi connectivity index (χ1v) is 9.19. The second-order valence-electron chi connectivity index (χ2n) is 8.67. The molecule has 6 nitrogen and oxygen atoms in total. The van der Waals surface area contributed by atoms with Crippen molar-refractivity contribution in [3.8, 4) is 0 Å². The molecule has 6 heteroatoms. The van der Waals surface area contributed by atoms with Crippen LogP contribution in [0.25, 0.3) is 0 Å². The van der Waals surface area contributed by atoms with Gasteiger partial charge in [0.1, 0.15) is 11.3 Å². The summed E-state index contributed by atoms with van der Waals surface area (Å²) in [6, 6.07) is 0.273. The number of amides is 1. The number of piperidine rings is 1. The van der Waals surface area contributed by atoms with Crippen LogP contribution in [0, 0.1) is 5.41 Å². The third-order valence-electron chi connectivity index (χ3n) is 5.29. The zero-order valence-corrected chi connectivity index (χ0v) is 15.2. The van der Waals surface area contributed by atoms with Gasteiger partial charge in [0, 0.05) is 19.5 Å². The van der Waals surface area contributed by atoms with Gasteiger partial charge in [0.15, 0.2) is 0 Å². The number of aliphatic hydroxyl groups is 1. The smallest absolute Gasteiger partial charge is 0.223 e. The number of rotatable bonds is 3. The van der Waals surface area contributed by atoms with Crippen molar-refractivity contribution in [2.24, 2.45) is 5.41 Å². The van der Waals surface area contributed by atoms with Gasteiger partial charge >= 0.3 is 0 Å². The van der Waals surface area contributed by atoms with E-state index >= 15 is 0 Å². The molecule has 2 heterocycles. The predicted octanol–water partition coefficient (Wildman–Crippen LogP) is 2.64. The number of hydrogen-bond acceptors (Lipinski definition) is 4. The van der Waals surface area contributed by atoms with E-state index in [0.29, 0.717) is 12.1 Å². The van der Waals surface area contributed by atoms with Crippen molar-refractivity contribution >= 4 is 5.91 Å². The maximum Gasteiger partial charge on any atom is 0.223 e. The third-order valence-corrected chi connectivity index (χ3v) is 5.29. The lowest BCUT2D eigenvalue weighted by Gasteiger charge is -2.33. The van der Waals surface area contributed by atoms with Crippen LogP contribution in [-0.2, 0) is 10.4 Å². The molecule has 1 amide bonds. The van der Waals surface area contributed by atoms with Crippen molar-refractivity contribution in [1.29, 1.82) is 0 Å². The van der Waals surface area contributed by atoms with E-state index in [9.17, 15) is 9.90 Å². The van der Waals surface area contributed by atoms with Gasteiger partial charge in [-0.25, -0.2) is 4.68 Å². The molecule has 0 bridgehead atoms. The molecule has 1 saturated carbocycles. The Morgan fingerprint density at radius 1 is 1.29 bits per heavy atom. The highest BCUT2D eigenvalue weighted by atomic mass is 16.3. The van der Waals surface area contributed by atoms with Crippen LogP contribution in [0.3, 0.4) is 0 Å². The summed E-state index contributed by atoms with van der Waals surface area (Å²) in [5, 5.41) is 19.1. The van der Waals surface area contributed by atoms with Gasteiger partial charge in [-0.2, -0.15) is 0 Å². The van der Waals surface area contributed by atoms with Crippen LogP contribution in [0.5, 0.6) is 0 Å². The summed E-state index contributed by atoms with van der Waals surface area (Å²) in [5.41, 5.74) is -0.0289. The maximum atomic E-state index is 12.3. The molecule has 1 aromatic rings. The van der Waals surface area contributed by atoms with E-state index in [2.05, 4.69) is 31.1 Å². The summed E-state index contributed by atoms with van der Waals surface area (Å²) in [6.07, 6.45) is 7.99. The molecule has 1 saturated heterocycles. The van der Waals surface area contributed by atoms with Crippen LogP contribution >= 0.6 is 0 Å². The topological polar surface area (TPSA) is 71.2 Å². The molecule has 1 aromatic heterocycles. The highest BCUT2D eigenvalue weighted by molar-refractivity contribution is 5.76. The van der Waals surface area contributed by atoms with E-state index < -0.39 is 5.60 Å². The van der Waals surface area contributed by atoms with Crippen molar-refractivity contribution in [3.63, 3.8) is 0 Å². The van der Waals surface area contributed by atoms with Crippen molar-refractivity contribution in [2.45, 2.75) is 77.4 Å². The van der Waals surface area contributed by atoms with Crippen LogP contribution in [0.4, 0.5) is 0 Å². The van der Waals surface area contributed by atoms with Gasteiger partial charge in [-0.15, -0.1) is 5.10 Å². The standard InChI is InChI=1S/C18H30N4O2/c1-17(2,3)12-16(23)21-10-6-14(7-11-21)22-13-15(19-20-22)18(24)8-4-5-9-18/h13-14,24H,4-12H2,1-3H3. The molecule has 24 heavy (non-hydrogen) atoms. The number of likely N-dealkylation sites (tertiary alicyclic amines) is 1. The van der Waals surface area contributed by atoms with Crippen molar-refractivity contribution in [2.75, 3.05) is 13.1 Å². The van der Waals surface area contributed by atoms with Crippen LogP contribution in [0.1, 0.15) is 77.5 Å². The highest BCUT2D eigenvalue weighted by Gasteiger charge is 2.36. The van der Waals surface area contributed by atoms with Crippen molar-refractivity contribution < 1.29 is 9.90 Å². The Labute approximate surface area is 144 Å². The lowest BCUT2D eigenvalue weighted by molar-refractivity contribution is -0.134. The highest BCUT2D eigenvalue weighted by Crippen LogP contribution is 2.37. The molecule has 2 fully saturated rings. The van der Waals surface area contributed by atoms with E-state index in [4.69, 9.17) is 0 Å². The van der Waals surface area contributed by atoms with Gasteiger partial charge < -0.3 is 10.0 Å². The van der Waals surface area contributed by atoms with Crippen LogP contribution in [0.2, 0.25) is 0 Å². The van der Waals surface area contributed by atoms with Gasteiger partial charge in [-0.3, -0.25) is 4.79 Å². The van der Waals surface area contributed by atoms with E-state index in [0.717, 1.165) is 51.6 Å². The SMILES string of the molecule is CC(C)(C)CC(=O)N1CCC(n2cc(C3(O)CCCC3)nn2)CC1. The number of hydrogen-bond donors (Lipinski definition) is 1. The molecule has 0 spiro atoms. The monoisotopic (exact) mass is 334 g/mol. The Kier molecular flexibility index (Phi) is 4.69. The Morgan fingerprint density at radius 3 is 2.50 bits per heavy atom. The summed E-state index contributed by atoms with van der Waals surface area (Å²) in [7, 11) is 0. The molecule has 1 N–H and O–H groups in total. The molecular weight excluding hydrogens is 304 g/mol. The minimum Gasteiger partial charge on any atom is -0.383 e. The fraction of sp³-hybridized carbons (Fsp3) is 0.833. The molecule has 0 aromatic carbocycles. The second kappa shape index (κ2) is 6.47. The molecular formula is C18H30N4O2. The zero-order chi connectivity index (χ0) is 17.4. The molecule has 0 unspecified atom stereocenters. The molecule has 134 valence electrons. The Hall–Kier alpha value is -1.43. The quantitative estimate of drug-likeness (QED) is 0.922. The first kappa shape index (κ1) is 17.4. The Morgan fingerprint density at radius 2 is 1.92 bits per heavy atom. The first-order chi connectivity index (χ1) is 11.3. The average Bonchev–Trinajstić information content (AvgIpc) is 3.15. The normalized spacial score (nSPS) is 22.1. The molecule has 1 aliphatic carbocycles. The number of carbonyl (C=O) groups excluding carboxylic acids is 1. The van der Waals surface area contributed by atoms with Gasteiger partial charge in [0.25, 0.3) is 0 Å². The van der Waals surface area contributed by atoms with E-state index in [-0.39, 0.29) is 17.4 Å². The summed E-state index contributed by atoms with van der Waals surface area (Å²) >= 11 is 0. The molecule has 0 radical (unpaired) electrons. The second-order valence-corrected chi connectivity index (χ2v) is 8.67. The van der Waals surface area contributed by atoms with Gasteiger partial charge in [0.2, 0.25) is 5.91 Å². The van der Waals surface area contributed by atoms with Crippen LogP contribution in [-0.4, -0.2) is 44.0 Å². The van der Waals surface area contributed by atoms with E-state index in [1.165, 1.54) is 0 Å². The van der Waals surface area contributed by atoms with E-state index in [1.807, 2.05) is 15.8 Å². The summed E-state index contributed by atoms with van der Waals surface area (Å²) in [6.45, 7) is 7.85. The molecule has 2 aliphatic rings. The fourth-order valence-corrected chi connectivity index (χ4v) is 3.83.